The van der Waals surface area contributed by atoms with Crippen LogP contribution in [0.25, 0.3) is 0 Å². The second-order valence-corrected chi connectivity index (χ2v) is 14.1. The van der Waals surface area contributed by atoms with E-state index in [2.05, 4.69) is 23.5 Å². The van der Waals surface area contributed by atoms with Gasteiger partial charge in [0.15, 0.2) is 0 Å². The molecule has 4 heterocycles. The molecule has 2 unspecified atom stereocenters. The van der Waals surface area contributed by atoms with E-state index in [0.29, 0.717) is 30.6 Å². The lowest BCUT2D eigenvalue weighted by atomic mass is 9.94. The molecule has 4 fully saturated rings. The van der Waals surface area contributed by atoms with Gasteiger partial charge >= 0.3 is 6.18 Å². The van der Waals surface area contributed by atoms with Crippen molar-refractivity contribution < 1.29 is 49.9 Å². The summed E-state index contributed by atoms with van der Waals surface area (Å²) in [6.45, 7) is 4.62. The Morgan fingerprint density at radius 2 is 1.27 bits per heavy atom. The molecule has 282 valence electrons. The van der Waals surface area contributed by atoms with Gasteiger partial charge in [0.25, 0.3) is 11.8 Å². The molecule has 0 aromatic heterocycles. The Labute approximate surface area is 310 Å². The zero-order chi connectivity index (χ0) is 38.6. The van der Waals surface area contributed by atoms with E-state index in [4.69, 9.17) is 0 Å². The molecular weight excluding hydrogens is 812 g/mol. The molecule has 0 saturated carbocycles. The van der Waals surface area contributed by atoms with Crippen LogP contribution in [0, 0.1) is 20.8 Å². The summed E-state index contributed by atoms with van der Waals surface area (Å²) in [4.78, 5) is 49.5. The standard InChI is InChI=1S/C18H20F2N2O2.C12H12F3NO.C6H6F2INO/c1-12-5-13(2)7-14(6-12)15-8-17(24)21(9-15)4-3-16(23)22-10-18(19,20)11-22;1-7-2-8(9-5-11(17)16-6-9)4-10(3-7)12(13,14)15;7-6(8)3-10(4-6)5(11)1-2-9/h3-7,15H,8-11H2,1-2H3;2-4,9H,5-6H2,1H3,(H,16,17);1-2H,3-4H2/b4-3+;;2-1-. The van der Waals surface area contributed by atoms with Crippen LogP contribution in [0.4, 0.5) is 30.7 Å². The van der Waals surface area contributed by atoms with Crippen molar-refractivity contribution in [1.82, 2.24) is 20.0 Å². The Hall–Kier alpha value is -3.96. The van der Waals surface area contributed by atoms with Crippen molar-refractivity contribution in [3.8, 4) is 0 Å². The maximum atomic E-state index is 12.8. The van der Waals surface area contributed by atoms with E-state index in [1.54, 1.807) is 13.0 Å². The van der Waals surface area contributed by atoms with E-state index in [1.807, 2.05) is 36.4 Å². The molecule has 4 aliphatic heterocycles. The fourth-order valence-electron chi connectivity index (χ4n) is 6.15. The molecule has 8 nitrogen and oxygen atoms in total. The average molecular weight is 851 g/mol. The number of nitrogens with one attached hydrogen (secondary N) is 1. The van der Waals surface area contributed by atoms with E-state index in [0.717, 1.165) is 38.6 Å². The van der Waals surface area contributed by atoms with Crippen molar-refractivity contribution >= 4 is 46.2 Å². The predicted octanol–water partition coefficient (Wildman–Crippen LogP) is 6.64. The number of hydrogen-bond donors (Lipinski definition) is 1. The molecule has 0 radical (unpaired) electrons. The summed E-state index contributed by atoms with van der Waals surface area (Å²) in [6.07, 6.45) is 0.220. The van der Waals surface area contributed by atoms with Crippen LogP contribution < -0.4 is 5.32 Å². The summed E-state index contributed by atoms with van der Waals surface area (Å²) < 4.78 is 89.3. The minimum absolute atomic E-state index is 0.0582. The predicted molar refractivity (Wildman–Crippen MR) is 187 cm³/mol. The van der Waals surface area contributed by atoms with Gasteiger partial charge in [-0.2, -0.15) is 13.2 Å². The van der Waals surface area contributed by atoms with Gasteiger partial charge in [-0.1, -0.05) is 63.5 Å². The van der Waals surface area contributed by atoms with Crippen molar-refractivity contribution in [3.63, 3.8) is 0 Å². The van der Waals surface area contributed by atoms with Crippen LogP contribution >= 0.6 is 22.6 Å². The zero-order valence-corrected chi connectivity index (χ0v) is 30.7. The maximum absolute atomic E-state index is 12.8. The number of aryl methyl sites for hydroxylation is 3. The highest BCUT2D eigenvalue weighted by molar-refractivity contribution is 14.1. The van der Waals surface area contributed by atoms with Crippen LogP contribution in [0.15, 0.2) is 58.8 Å². The molecule has 2 aromatic carbocycles. The third kappa shape index (κ3) is 11.3. The number of likely N-dealkylation sites (tertiary alicyclic amines) is 3. The molecule has 0 bridgehead atoms. The molecule has 52 heavy (non-hydrogen) atoms. The normalized spacial score (nSPS) is 21.9. The van der Waals surface area contributed by atoms with E-state index >= 15 is 0 Å². The van der Waals surface area contributed by atoms with Crippen LogP contribution in [0.1, 0.15) is 58.1 Å². The van der Waals surface area contributed by atoms with Gasteiger partial charge in [0.1, 0.15) is 0 Å². The second-order valence-electron chi connectivity index (χ2n) is 13.4. The lowest BCUT2D eigenvalue weighted by molar-refractivity contribution is -0.161. The van der Waals surface area contributed by atoms with Crippen LogP contribution in [0.2, 0.25) is 0 Å². The number of nitrogens with zero attached hydrogens (tertiary/aromatic N) is 3. The van der Waals surface area contributed by atoms with Crippen LogP contribution in [0.3, 0.4) is 0 Å². The van der Waals surface area contributed by atoms with E-state index in [1.165, 1.54) is 27.3 Å². The number of hydrogen-bond acceptors (Lipinski definition) is 4. The molecule has 0 spiro atoms. The smallest absolute Gasteiger partial charge is 0.355 e. The SMILES string of the molecule is Cc1cc(C)cc(C2CC(=O)N(/C=C/C(=O)N3CC(F)(F)C3)C2)c1.Cc1cc(C2CNC(=O)C2)cc(C(F)(F)F)c1.O=C(/C=C\I)N1CC(F)(F)C1. The van der Waals surface area contributed by atoms with Crippen molar-refractivity contribution in [2.24, 2.45) is 0 Å². The van der Waals surface area contributed by atoms with Gasteiger partial charge in [-0.3, -0.25) is 19.2 Å². The van der Waals surface area contributed by atoms with Gasteiger partial charge in [-0.15, -0.1) is 0 Å². The summed E-state index contributed by atoms with van der Waals surface area (Å²) in [6, 6.07) is 10.2. The maximum Gasteiger partial charge on any atom is 0.416 e. The number of amides is 4. The number of carbonyl (C=O) groups excluding carboxylic acids is 4. The minimum Gasteiger partial charge on any atom is -0.355 e. The second kappa shape index (κ2) is 16.4. The number of halogens is 8. The molecule has 1 N–H and O–H groups in total. The van der Waals surface area contributed by atoms with E-state index < -0.39 is 55.7 Å². The van der Waals surface area contributed by atoms with Crippen LogP contribution in [-0.4, -0.2) is 89.4 Å². The molecule has 4 aliphatic rings. The molecule has 2 aromatic rings. The molecule has 4 saturated heterocycles. The topological polar surface area (TPSA) is 90.0 Å². The van der Waals surface area contributed by atoms with Gasteiger partial charge < -0.3 is 20.0 Å². The molecule has 16 heteroatoms. The Bertz CT molecular complexity index is 1710. The third-order valence-corrected chi connectivity index (χ3v) is 9.02. The zero-order valence-electron chi connectivity index (χ0n) is 28.6. The fraction of sp³-hybridized carbons (Fsp3) is 0.444. The van der Waals surface area contributed by atoms with Gasteiger partial charge in [0, 0.05) is 56.1 Å². The highest BCUT2D eigenvalue weighted by Gasteiger charge is 2.46. The Balaban J connectivity index is 0.000000188. The van der Waals surface area contributed by atoms with Crippen molar-refractivity contribution in [3.05, 3.63) is 92.2 Å². The molecule has 2 atom stereocenters. The number of carbonyl (C=O) groups is 4. The van der Waals surface area contributed by atoms with Crippen LogP contribution in [-0.2, 0) is 25.4 Å². The molecule has 0 aliphatic carbocycles. The first-order valence-electron chi connectivity index (χ1n) is 16.3. The first-order valence-corrected chi connectivity index (χ1v) is 17.5. The van der Waals surface area contributed by atoms with Gasteiger partial charge in [-0.05, 0) is 48.1 Å². The summed E-state index contributed by atoms with van der Waals surface area (Å²) in [7, 11) is 0. The highest BCUT2D eigenvalue weighted by Crippen LogP contribution is 2.34. The molecule has 6 rings (SSSR count). The van der Waals surface area contributed by atoms with Crippen molar-refractivity contribution in [2.75, 3.05) is 39.3 Å². The van der Waals surface area contributed by atoms with Gasteiger partial charge in [0.2, 0.25) is 23.6 Å². The largest absolute Gasteiger partial charge is 0.416 e. The van der Waals surface area contributed by atoms with Gasteiger partial charge in [-0.25, -0.2) is 17.6 Å². The first kappa shape index (κ1) is 40.8. The Morgan fingerprint density at radius 1 is 0.769 bits per heavy atom. The first-order chi connectivity index (χ1) is 24.1. The van der Waals surface area contributed by atoms with Crippen molar-refractivity contribution in [2.45, 2.75) is 63.5 Å². The monoisotopic (exact) mass is 850 g/mol. The minimum atomic E-state index is -4.34. The third-order valence-electron chi connectivity index (χ3n) is 8.66. The average Bonchev–Trinajstić information content (AvgIpc) is 3.62. The van der Waals surface area contributed by atoms with Crippen molar-refractivity contribution in [1.29, 1.82) is 0 Å². The van der Waals surface area contributed by atoms with E-state index in [9.17, 15) is 49.9 Å². The quantitative estimate of drug-likeness (QED) is 0.208. The summed E-state index contributed by atoms with van der Waals surface area (Å²) in [5.41, 5.74) is 3.92. The fourth-order valence-corrected chi connectivity index (χ4v) is 6.46. The molecule has 4 amide bonds. The summed E-state index contributed by atoms with van der Waals surface area (Å²) >= 11 is 1.87. The van der Waals surface area contributed by atoms with E-state index in [-0.39, 0.29) is 36.0 Å². The Kier molecular flexibility index (Phi) is 12.8. The summed E-state index contributed by atoms with van der Waals surface area (Å²) in [5.74, 6) is -6.49. The number of rotatable bonds is 5. The Morgan fingerprint density at radius 3 is 1.73 bits per heavy atom. The number of benzene rings is 2. The lowest BCUT2D eigenvalue weighted by Gasteiger charge is -2.38. The number of alkyl halides is 7. The highest BCUT2D eigenvalue weighted by atomic mass is 127. The van der Waals surface area contributed by atoms with Crippen LogP contribution in [0.5, 0.6) is 0 Å². The molecular formula is C36H38F7IN4O4. The lowest BCUT2D eigenvalue weighted by Crippen LogP contribution is -2.58. The summed E-state index contributed by atoms with van der Waals surface area (Å²) in [5, 5.41) is 2.63. The van der Waals surface area contributed by atoms with Gasteiger partial charge in [0.05, 0.1) is 31.7 Å².